The van der Waals surface area contributed by atoms with Crippen molar-refractivity contribution < 1.29 is 4.74 Å². The van der Waals surface area contributed by atoms with Gasteiger partial charge in [-0.25, -0.2) is 4.98 Å². The Balaban J connectivity index is 2.20. The van der Waals surface area contributed by atoms with Gasteiger partial charge in [-0.3, -0.25) is 4.98 Å². The van der Waals surface area contributed by atoms with Gasteiger partial charge in [-0.05, 0) is 36.8 Å². The minimum absolute atomic E-state index is 0.267. The molecule has 0 bridgehead atoms. The summed E-state index contributed by atoms with van der Waals surface area (Å²) < 4.78 is 5.35. The van der Waals surface area contributed by atoms with Crippen LogP contribution in [0.2, 0.25) is 0 Å². The van der Waals surface area contributed by atoms with Gasteiger partial charge in [0.25, 0.3) is 0 Å². The molecule has 1 aromatic rings. The van der Waals surface area contributed by atoms with Crippen molar-refractivity contribution in [3.63, 3.8) is 0 Å². The van der Waals surface area contributed by atoms with E-state index in [0.717, 1.165) is 18.7 Å². The number of nitrogens with zero attached hydrogens (tertiary/aromatic N) is 2. The summed E-state index contributed by atoms with van der Waals surface area (Å²) in [6.45, 7) is 3.19. The van der Waals surface area contributed by atoms with Gasteiger partial charge in [0.05, 0.1) is 13.2 Å². The maximum atomic E-state index is 5.35. The summed E-state index contributed by atoms with van der Waals surface area (Å²) in [7, 11) is 1.66. The van der Waals surface area contributed by atoms with Crippen molar-refractivity contribution >= 4 is 11.8 Å². The fourth-order valence-electron chi connectivity index (χ4n) is 2.31. The Kier molecular flexibility index (Phi) is 5.26. The molecule has 2 rings (SSSR count). The summed E-state index contributed by atoms with van der Waals surface area (Å²) in [5.74, 6) is 3.73. The Bertz CT molecular complexity index is 369. The van der Waals surface area contributed by atoms with Crippen LogP contribution in [-0.2, 0) is 0 Å². The van der Waals surface area contributed by atoms with E-state index in [1.807, 2.05) is 11.8 Å². The monoisotopic (exact) mass is 267 g/mol. The standard InChI is InChI=1S/C13H21N3OS/c1-3-5-14-11(10-4-8-18-9-10)12-13(17-2)16-7-6-15-12/h6-7,10-11,14H,3-5,8-9H2,1-2H3. The van der Waals surface area contributed by atoms with E-state index in [4.69, 9.17) is 4.74 Å². The van der Waals surface area contributed by atoms with Gasteiger partial charge < -0.3 is 10.1 Å². The highest BCUT2D eigenvalue weighted by Gasteiger charge is 2.29. The first-order valence-corrected chi connectivity index (χ1v) is 7.68. The average molecular weight is 267 g/mol. The summed E-state index contributed by atoms with van der Waals surface area (Å²) in [6.07, 6.45) is 5.80. The predicted molar refractivity (Wildman–Crippen MR) is 75.1 cm³/mol. The zero-order chi connectivity index (χ0) is 12.8. The van der Waals surface area contributed by atoms with Crippen LogP contribution in [-0.4, -0.2) is 35.1 Å². The zero-order valence-electron chi connectivity index (χ0n) is 11.1. The van der Waals surface area contributed by atoms with Crippen LogP contribution in [0, 0.1) is 5.92 Å². The first-order chi connectivity index (χ1) is 8.86. The molecule has 0 amide bonds. The SMILES string of the molecule is CCCNC(c1nccnc1OC)C1CCSC1. The molecule has 1 N–H and O–H groups in total. The number of hydrogen-bond donors (Lipinski definition) is 1. The third-order valence-electron chi connectivity index (χ3n) is 3.23. The van der Waals surface area contributed by atoms with Gasteiger partial charge in [-0.15, -0.1) is 0 Å². The van der Waals surface area contributed by atoms with E-state index in [9.17, 15) is 0 Å². The molecular formula is C13H21N3OS. The van der Waals surface area contributed by atoms with Crippen LogP contribution >= 0.6 is 11.8 Å². The molecule has 2 atom stereocenters. The first kappa shape index (κ1) is 13.6. The van der Waals surface area contributed by atoms with Gasteiger partial charge in [0.2, 0.25) is 5.88 Å². The summed E-state index contributed by atoms with van der Waals surface area (Å²) >= 11 is 2.02. The Labute approximate surface area is 113 Å². The second-order valence-corrected chi connectivity index (χ2v) is 5.66. The summed E-state index contributed by atoms with van der Waals surface area (Å²) in [4.78, 5) is 8.75. The fraction of sp³-hybridized carbons (Fsp3) is 0.692. The van der Waals surface area contributed by atoms with E-state index < -0.39 is 0 Å². The topological polar surface area (TPSA) is 47.0 Å². The maximum Gasteiger partial charge on any atom is 0.237 e. The van der Waals surface area contributed by atoms with Crippen molar-refractivity contribution in [2.24, 2.45) is 5.92 Å². The third-order valence-corrected chi connectivity index (χ3v) is 4.42. The minimum Gasteiger partial charge on any atom is -0.480 e. The number of hydrogen-bond acceptors (Lipinski definition) is 5. The summed E-state index contributed by atoms with van der Waals surface area (Å²) in [6, 6.07) is 0.267. The number of ether oxygens (including phenoxy) is 1. The van der Waals surface area contributed by atoms with Crippen LogP contribution in [0.1, 0.15) is 31.5 Å². The van der Waals surface area contributed by atoms with Gasteiger partial charge in [-0.1, -0.05) is 6.92 Å². The van der Waals surface area contributed by atoms with E-state index in [2.05, 4.69) is 22.2 Å². The fourth-order valence-corrected chi connectivity index (χ4v) is 3.61. The first-order valence-electron chi connectivity index (χ1n) is 6.52. The van der Waals surface area contributed by atoms with Crippen molar-refractivity contribution in [2.75, 3.05) is 25.2 Å². The second-order valence-electron chi connectivity index (χ2n) is 4.51. The Morgan fingerprint density at radius 3 is 3.00 bits per heavy atom. The molecule has 5 heteroatoms. The van der Waals surface area contributed by atoms with Gasteiger partial charge in [-0.2, -0.15) is 11.8 Å². The van der Waals surface area contributed by atoms with Crippen LogP contribution in [0.3, 0.4) is 0 Å². The van der Waals surface area contributed by atoms with E-state index in [1.54, 1.807) is 19.5 Å². The lowest BCUT2D eigenvalue weighted by Crippen LogP contribution is -2.30. The zero-order valence-corrected chi connectivity index (χ0v) is 11.9. The van der Waals surface area contributed by atoms with Crippen LogP contribution in [0.25, 0.3) is 0 Å². The Morgan fingerprint density at radius 2 is 2.33 bits per heavy atom. The molecule has 18 heavy (non-hydrogen) atoms. The van der Waals surface area contributed by atoms with Gasteiger partial charge in [0, 0.05) is 12.4 Å². The molecule has 0 spiro atoms. The predicted octanol–water partition coefficient (Wildman–Crippen LogP) is 2.28. The molecule has 1 aliphatic rings. The highest BCUT2D eigenvalue weighted by molar-refractivity contribution is 7.99. The van der Waals surface area contributed by atoms with E-state index in [0.29, 0.717) is 11.8 Å². The highest BCUT2D eigenvalue weighted by Crippen LogP contribution is 2.35. The number of thioether (sulfide) groups is 1. The molecule has 0 radical (unpaired) electrons. The molecule has 0 saturated carbocycles. The molecule has 100 valence electrons. The molecule has 0 aromatic carbocycles. The van der Waals surface area contributed by atoms with Crippen LogP contribution in [0.4, 0.5) is 0 Å². The van der Waals surface area contributed by atoms with Gasteiger partial charge in [0.15, 0.2) is 0 Å². The van der Waals surface area contributed by atoms with Crippen molar-refractivity contribution in [1.82, 2.24) is 15.3 Å². The highest BCUT2D eigenvalue weighted by atomic mass is 32.2. The van der Waals surface area contributed by atoms with Crippen molar-refractivity contribution in [3.05, 3.63) is 18.1 Å². The maximum absolute atomic E-state index is 5.35. The van der Waals surface area contributed by atoms with E-state index in [-0.39, 0.29) is 6.04 Å². The lowest BCUT2D eigenvalue weighted by Gasteiger charge is -2.24. The molecule has 1 aliphatic heterocycles. The molecule has 2 unspecified atom stereocenters. The van der Waals surface area contributed by atoms with E-state index in [1.165, 1.54) is 17.9 Å². The number of rotatable bonds is 6. The van der Waals surface area contributed by atoms with Crippen LogP contribution < -0.4 is 10.1 Å². The van der Waals surface area contributed by atoms with Crippen molar-refractivity contribution in [2.45, 2.75) is 25.8 Å². The Hall–Kier alpha value is -0.810. The van der Waals surface area contributed by atoms with Gasteiger partial charge in [0.1, 0.15) is 5.69 Å². The quantitative estimate of drug-likeness (QED) is 0.857. The second kappa shape index (κ2) is 6.95. The smallest absolute Gasteiger partial charge is 0.237 e. The van der Waals surface area contributed by atoms with Crippen LogP contribution in [0.5, 0.6) is 5.88 Å². The lowest BCUT2D eigenvalue weighted by atomic mass is 9.96. The number of methoxy groups -OCH3 is 1. The van der Waals surface area contributed by atoms with Crippen molar-refractivity contribution in [3.8, 4) is 5.88 Å². The molecule has 1 fully saturated rings. The van der Waals surface area contributed by atoms with E-state index >= 15 is 0 Å². The molecule has 1 aromatic heterocycles. The number of nitrogens with one attached hydrogen (secondary N) is 1. The normalized spacial score (nSPS) is 20.9. The largest absolute Gasteiger partial charge is 0.480 e. The Morgan fingerprint density at radius 1 is 1.50 bits per heavy atom. The summed E-state index contributed by atoms with van der Waals surface area (Å²) in [5, 5.41) is 3.61. The molecule has 4 nitrogen and oxygen atoms in total. The minimum atomic E-state index is 0.267. The number of aromatic nitrogens is 2. The molecule has 1 saturated heterocycles. The lowest BCUT2D eigenvalue weighted by molar-refractivity contribution is 0.343. The summed E-state index contributed by atoms with van der Waals surface area (Å²) in [5.41, 5.74) is 0.959. The molecule has 2 heterocycles. The average Bonchev–Trinajstić information content (AvgIpc) is 2.94. The van der Waals surface area contributed by atoms with Gasteiger partial charge >= 0.3 is 0 Å². The van der Waals surface area contributed by atoms with Crippen molar-refractivity contribution in [1.29, 1.82) is 0 Å². The third kappa shape index (κ3) is 3.14. The molecular weight excluding hydrogens is 246 g/mol. The van der Waals surface area contributed by atoms with Crippen LogP contribution in [0.15, 0.2) is 12.4 Å². The molecule has 0 aliphatic carbocycles.